The number of thioether (sulfide) groups is 1. The molecule has 3 rings (SSSR count). The van der Waals surface area contributed by atoms with Gasteiger partial charge < -0.3 is 4.57 Å². The third-order valence-corrected chi connectivity index (χ3v) is 5.60. The summed E-state index contributed by atoms with van der Waals surface area (Å²) in [6.45, 7) is 6.55. The Balaban J connectivity index is 2.23. The number of hydrogen-bond acceptors (Lipinski definition) is 5. The summed E-state index contributed by atoms with van der Waals surface area (Å²) >= 11 is 3.05. The first-order chi connectivity index (χ1) is 10.1. The predicted molar refractivity (Wildman–Crippen MR) is 87.1 cm³/mol. The van der Waals surface area contributed by atoms with Crippen LogP contribution in [0.15, 0.2) is 22.1 Å². The zero-order valence-electron chi connectivity index (χ0n) is 11.8. The number of aryl methyl sites for hydroxylation is 1. The van der Waals surface area contributed by atoms with Gasteiger partial charge >= 0.3 is 0 Å². The molecule has 0 fully saturated rings. The molecule has 2 aromatic rings. The van der Waals surface area contributed by atoms with Crippen LogP contribution in [-0.4, -0.2) is 15.3 Å². The molecule has 1 aliphatic rings. The molecule has 0 saturated heterocycles. The first-order valence-electron chi connectivity index (χ1n) is 6.81. The second kappa shape index (κ2) is 5.66. The van der Waals surface area contributed by atoms with Crippen LogP contribution < -0.4 is 5.43 Å². The van der Waals surface area contributed by atoms with Crippen molar-refractivity contribution in [3.8, 4) is 6.07 Å². The maximum Gasteiger partial charge on any atom is 0.211 e. The van der Waals surface area contributed by atoms with Gasteiger partial charge in [0.2, 0.25) is 5.43 Å². The van der Waals surface area contributed by atoms with Crippen molar-refractivity contribution in [1.29, 1.82) is 5.26 Å². The van der Waals surface area contributed by atoms with Gasteiger partial charge in [-0.1, -0.05) is 23.9 Å². The van der Waals surface area contributed by atoms with Crippen LogP contribution in [-0.2, 0) is 19.4 Å². The molecule has 0 amide bonds. The summed E-state index contributed by atoms with van der Waals surface area (Å²) in [5, 5.41) is 9.52. The summed E-state index contributed by atoms with van der Waals surface area (Å²) < 4.78 is 2.03. The van der Waals surface area contributed by atoms with E-state index in [1.165, 1.54) is 16.6 Å². The van der Waals surface area contributed by atoms with Crippen LogP contribution in [0.4, 0.5) is 0 Å². The van der Waals surface area contributed by atoms with E-state index in [1.807, 2.05) is 11.5 Å². The molecular formula is C15H15N3OS2. The zero-order chi connectivity index (χ0) is 15.0. The molecule has 108 valence electrons. The fourth-order valence-corrected chi connectivity index (χ4v) is 4.63. The van der Waals surface area contributed by atoms with Crippen molar-refractivity contribution in [3.63, 3.8) is 0 Å². The lowest BCUT2D eigenvalue weighted by atomic mass is 10.2. The van der Waals surface area contributed by atoms with E-state index in [0.717, 1.165) is 40.4 Å². The van der Waals surface area contributed by atoms with Crippen molar-refractivity contribution in [2.45, 2.75) is 37.9 Å². The minimum absolute atomic E-state index is 0.0792. The van der Waals surface area contributed by atoms with Crippen LogP contribution in [0.5, 0.6) is 0 Å². The monoisotopic (exact) mass is 317 g/mol. The van der Waals surface area contributed by atoms with Gasteiger partial charge in [-0.15, -0.1) is 11.3 Å². The summed E-state index contributed by atoms with van der Waals surface area (Å²) in [7, 11) is 0. The van der Waals surface area contributed by atoms with E-state index in [0.29, 0.717) is 17.8 Å². The molecule has 0 spiro atoms. The fourth-order valence-electron chi connectivity index (χ4n) is 2.61. The summed E-state index contributed by atoms with van der Waals surface area (Å²) in [4.78, 5) is 19.2. The average molecular weight is 317 g/mol. The van der Waals surface area contributed by atoms with Crippen LogP contribution in [0, 0.1) is 11.3 Å². The van der Waals surface area contributed by atoms with E-state index < -0.39 is 0 Å². The average Bonchev–Trinajstić information content (AvgIpc) is 3.03. The molecular weight excluding hydrogens is 302 g/mol. The highest BCUT2D eigenvalue weighted by Gasteiger charge is 2.22. The number of allylic oxidation sites excluding steroid dienone is 1. The molecule has 0 atom stereocenters. The second-order valence-corrected chi connectivity index (χ2v) is 7.25. The highest BCUT2D eigenvalue weighted by Crippen LogP contribution is 2.32. The first-order valence-corrected chi connectivity index (χ1v) is 8.61. The fraction of sp³-hybridized carbons (Fsp3) is 0.400. The van der Waals surface area contributed by atoms with Gasteiger partial charge in [-0.2, -0.15) is 5.26 Å². The van der Waals surface area contributed by atoms with Gasteiger partial charge in [-0.25, -0.2) is 4.98 Å². The minimum Gasteiger partial charge on any atom is -0.306 e. The van der Waals surface area contributed by atoms with Gasteiger partial charge in [0.25, 0.3) is 0 Å². The Morgan fingerprint density at radius 2 is 2.38 bits per heavy atom. The molecule has 21 heavy (non-hydrogen) atoms. The van der Waals surface area contributed by atoms with Gasteiger partial charge in [0.05, 0.1) is 11.8 Å². The Kier molecular flexibility index (Phi) is 3.87. The lowest BCUT2D eigenvalue weighted by molar-refractivity contribution is 0.726. The smallest absolute Gasteiger partial charge is 0.211 e. The number of imidazole rings is 1. The summed E-state index contributed by atoms with van der Waals surface area (Å²) in [6, 6.07) is 2.11. The quantitative estimate of drug-likeness (QED) is 0.642. The van der Waals surface area contributed by atoms with Crippen molar-refractivity contribution in [2.75, 3.05) is 5.75 Å². The van der Waals surface area contributed by atoms with Crippen LogP contribution in [0.3, 0.4) is 0 Å². The molecule has 0 saturated carbocycles. The van der Waals surface area contributed by atoms with E-state index in [4.69, 9.17) is 5.26 Å². The number of aromatic nitrogens is 2. The molecule has 0 unspecified atom stereocenters. The lowest BCUT2D eigenvalue weighted by Crippen LogP contribution is -2.08. The Bertz CT molecular complexity index is 826. The van der Waals surface area contributed by atoms with Crippen molar-refractivity contribution < 1.29 is 0 Å². The molecule has 1 aliphatic carbocycles. The molecule has 4 nitrogen and oxygen atoms in total. The number of nitrogens with zero attached hydrogens (tertiary/aromatic N) is 3. The highest BCUT2D eigenvalue weighted by molar-refractivity contribution is 7.99. The Labute approximate surface area is 131 Å². The Hall–Kier alpha value is -1.58. The second-order valence-electron chi connectivity index (χ2n) is 5.22. The summed E-state index contributed by atoms with van der Waals surface area (Å²) in [5.74, 6) is 0.331. The molecule has 0 aliphatic heterocycles. The number of fused-ring (bicyclic) bond motifs is 2. The third kappa shape index (κ3) is 2.52. The number of nitriles is 1. The number of hydrogen-bond donors (Lipinski definition) is 0. The van der Waals surface area contributed by atoms with Gasteiger partial charge in [-0.3, -0.25) is 4.79 Å². The van der Waals surface area contributed by atoms with E-state index in [-0.39, 0.29) is 5.43 Å². The van der Waals surface area contributed by atoms with Gasteiger partial charge in [-0.05, 0) is 26.2 Å². The topological polar surface area (TPSA) is 58.7 Å². The Morgan fingerprint density at radius 3 is 3.10 bits per heavy atom. The van der Waals surface area contributed by atoms with Crippen molar-refractivity contribution >= 4 is 33.4 Å². The van der Waals surface area contributed by atoms with Crippen molar-refractivity contribution in [1.82, 2.24) is 9.55 Å². The SMILES string of the molecule is C=C(C)Cn1c(SCC#N)nc2c(=O)c3c(sc21)CCC3. The molecule has 6 heteroatoms. The largest absolute Gasteiger partial charge is 0.306 e. The minimum atomic E-state index is 0.0792. The number of rotatable bonds is 4. The molecule has 0 N–H and O–H groups in total. The lowest BCUT2D eigenvalue weighted by Gasteiger charge is -2.07. The van der Waals surface area contributed by atoms with Crippen LogP contribution in [0.1, 0.15) is 23.8 Å². The van der Waals surface area contributed by atoms with E-state index in [2.05, 4.69) is 17.6 Å². The van der Waals surface area contributed by atoms with Gasteiger partial charge in [0.1, 0.15) is 10.3 Å². The van der Waals surface area contributed by atoms with Crippen LogP contribution >= 0.6 is 23.1 Å². The van der Waals surface area contributed by atoms with Crippen LogP contribution in [0.25, 0.3) is 10.3 Å². The maximum absolute atomic E-state index is 12.6. The third-order valence-electron chi connectivity index (χ3n) is 3.46. The van der Waals surface area contributed by atoms with Crippen molar-refractivity contribution in [3.05, 3.63) is 32.8 Å². The van der Waals surface area contributed by atoms with E-state index >= 15 is 0 Å². The Morgan fingerprint density at radius 1 is 1.57 bits per heavy atom. The van der Waals surface area contributed by atoms with Crippen LogP contribution in [0.2, 0.25) is 0 Å². The van der Waals surface area contributed by atoms with E-state index in [9.17, 15) is 4.79 Å². The zero-order valence-corrected chi connectivity index (χ0v) is 13.4. The molecule has 0 radical (unpaired) electrons. The van der Waals surface area contributed by atoms with Gasteiger partial charge in [0.15, 0.2) is 5.16 Å². The first kappa shape index (κ1) is 14.4. The molecule has 0 bridgehead atoms. The summed E-state index contributed by atoms with van der Waals surface area (Å²) in [6.07, 6.45) is 2.92. The summed E-state index contributed by atoms with van der Waals surface area (Å²) in [5.41, 5.74) is 2.59. The van der Waals surface area contributed by atoms with Gasteiger partial charge in [0, 0.05) is 17.0 Å². The standard InChI is InChI=1S/C15H15N3OS2/c1-9(2)8-18-14-12(17-15(18)20-7-6-16)13(19)10-4-3-5-11(10)21-14/h1,3-5,7-8H2,2H3. The van der Waals surface area contributed by atoms with Crippen molar-refractivity contribution in [2.24, 2.45) is 0 Å². The molecule has 2 heterocycles. The normalized spacial score (nSPS) is 13.3. The highest BCUT2D eigenvalue weighted by atomic mass is 32.2. The van der Waals surface area contributed by atoms with E-state index in [1.54, 1.807) is 11.3 Å². The molecule has 0 aromatic carbocycles. The predicted octanol–water partition coefficient (Wildman–Crippen LogP) is 3.14. The maximum atomic E-state index is 12.6. The molecule has 2 aromatic heterocycles.